The first-order valence-corrected chi connectivity index (χ1v) is 6.97. The maximum atomic E-state index is 12.1. The van der Waals surface area contributed by atoms with Crippen molar-refractivity contribution in [1.29, 1.82) is 5.26 Å². The second kappa shape index (κ2) is 7.04. The van der Waals surface area contributed by atoms with Gasteiger partial charge in [0.15, 0.2) is 0 Å². The quantitative estimate of drug-likeness (QED) is 0.816. The van der Waals surface area contributed by atoms with E-state index in [-0.39, 0.29) is 5.91 Å². The fourth-order valence-corrected chi connectivity index (χ4v) is 2.26. The minimum atomic E-state index is -0.0274. The summed E-state index contributed by atoms with van der Waals surface area (Å²) in [6, 6.07) is 9.51. The summed E-state index contributed by atoms with van der Waals surface area (Å²) in [6.45, 7) is 5.36. The van der Waals surface area contributed by atoms with E-state index in [1.54, 1.807) is 24.3 Å². The lowest BCUT2D eigenvalue weighted by atomic mass is 10.1. The number of rotatable bonds is 6. The number of benzene rings is 1. The molecule has 2 N–H and O–H groups in total. The molecule has 1 amide bonds. The zero-order valence-corrected chi connectivity index (χ0v) is 11.7. The molecule has 2 rings (SSSR count). The Morgan fingerprint density at radius 2 is 2.35 bits per heavy atom. The van der Waals surface area contributed by atoms with E-state index in [0.29, 0.717) is 23.8 Å². The second-order valence-corrected chi connectivity index (χ2v) is 5.02. The summed E-state index contributed by atoms with van der Waals surface area (Å²) in [4.78, 5) is 14.3. The van der Waals surface area contributed by atoms with Crippen LogP contribution < -0.4 is 10.6 Å². The van der Waals surface area contributed by atoms with Gasteiger partial charge in [0.25, 0.3) is 0 Å². The number of nitrogens with zero attached hydrogens (tertiary/aromatic N) is 2. The van der Waals surface area contributed by atoms with E-state index < -0.39 is 0 Å². The third kappa shape index (κ3) is 3.80. The Kier molecular flexibility index (Phi) is 5.10. The molecule has 5 nitrogen and oxygen atoms in total. The zero-order valence-electron chi connectivity index (χ0n) is 11.7. The number of hydrogen-bond acceptors (Lipinski definition) is 4. The van der Waals surface area contributed by atoms with Crippen molar-refractivity contribution in [3.05, 3.63) is 29.8 Å². The highest BCUT2D eigenvalue weighted by atomic mass is 16.2. The third-order valence-corrected chi connectivity index (χ3v) is 3.41. The van der Waals surface area contributed by atoms with Crippen molar-refractivity contribution >= 4 is 11.6 Å². The minimum Gasteiger partial charge on any atom is -0.325 e. The largest absolute Gasteiger partial charge is 0.325 e. The van der Waals surface area contributed by atoms with Gasteiger partial charge in [-0.2, -0.15) is 5.26 Å². The van der Waals surface area contributed by atoms with Gasteiger partial charge in [-0.15, -0.1) is 0 Å². The van der Waals surface area contributed by atoms with Crippen molar-refractivity contribution in [2.75, 3.05) is 31.5 Å². The molecule has 0 aliphatic carbocycles. The van der Waals surface area contributed by atoms with Crippen LogP contribution in [-0.4, -0.2) is 43.0 Å². The number of hydrogen-bond donors (Lipinski definition) is 2. The molecule has 1 aromatic carbocycles. The summed E-state index contributed by atoms with van der Waals surface area (Å²) in [5, 5.41) is 14.9. The average Bonchev–Trinajstić information content (AvgIpc) is 2.37. The minimum absolute atomic E-state index is 0.0274. The van der Waals surface area contributed by atoms with Crippen LogP contribution in [0.4, 0.5) is 5.69 Å². The summed E-state index contributed by atoms with van der Waals surface area (Å²) >= 11 is 0. The van der Waals surface area contributed by atoms with Gasteiger partial charge in [0.2, 0.25) is 5.91 Å². The van der Waals surface area contributed by atoms with Crippen LogP contribution in [-0.2, 0) is 4.79 Å². The molecule has 5 heteroatoms. The molecule has 0 atom stereocenters. The molecule has 1 saturated heterocycles. The van der Waals surface area contributed by atoms with E-state index in [9.17, 15) is 4.79 Å². The second-order valence-electron chi connectivity index (χ2n) is 5.02. The van der Waals surface area contributed by atoms with Gasteiger partial charge < -0.3 is 10.6 Å². The number of amides is 1. The van der Waals surface area contributed by atoms with Crippen LogP contribution in [0.5, 0.6) is 0 Å². The molecule has 1 aliphatic rings. The molecule has 0 aromatic heterocycles. The number of nitrogens with one attached hydrogen (secondary N) is 2. The van der Waals surface area contributed by atoms with Crippen LogP contribution in [0.25, 0.3) is 0 Å². The van der Waals surface area contributed by atoms with E-state index in [1.807, 2.05) is 0 Å². The highest BCUT2D eigenvalue weighted by Gasteiger charge is 2.25. The van der Waals surface area contributed by atoms with Gasteiger partial charge in [-0.3, -0.25) is 9.69 Å². The number of carbonyl (C=O) groups excluding carboxylic acids is 1. The average molecular weight is 272 g/mol. The molecule has 0 bridgehead atoms. The Morgan fingerprint density at radius 3 is 2.95 bits per heavy atom. The number of nitriles is 1. The predicted molar refractivity (Wildman–Crippen MR) is 78.3 cm³/mol. The summed E-state index contributed by atoms with van der Waals surface area (Å²) in [7, 11) is 0. The first-order chi connectivity index (χ1) is 9.72. The molecule has 106 valence electrons. The lowest BCUT2D eigenvalue weighted by Gasteiger charge is -2.37. The Balaban J connectivity index is 1.91. The predicted octanol–water partition coefficient (Wildman–Crippen LogP) is 1.18. The van der Waals surface area contributed by atoms with Crippen molar-refractivity contribution in [2.45, 2.75) is 19.4 Å². The molecule has 1 fully saturated rings. The van der Waals surface area contributed by atoms with Gasteiger partial charge in [0, 0.05) is 24.8 Å². The van der Waals surface area contributed by atoms with Crippen LogP contribution in [0, 0.1) is 11.3 Å². The van der Waals surface area contributed by atoms with Crippen molar-refractivity contribution < 1.29 is 4.79 Å². The van der Waals surface area contributed by atoms with Gasteiger partial charge in [0.1, 0.15) is 0 Å². The van der Waals surface area contributed by atoms with Crippen LogP contribution in [0.3, 0.4) is 0 Å². The lowest BCUT2D eigenvalue weighted by molar-refractivity contribution is -0.118. The zero-order chi connectivity index (χ0) is 14.4. The Bertz CT molecular complexity index is 505. The molecule has 1 heterocycles. The normalized spacial score (nSPS) is 14.7. The summed E-state index contributed by atoms with van der Waals surface area (Å²) in [5.74, 6) is -0.0274. The highest BCUT2D eigenvalue weighted by Crippen LogP contribution is 2.11. The van der Waals surface area contributed by atoms with Gasteiger partial charge in [-0.1, -0.05) is 13.0 Å². The summed E-state index contributed by atoms with van der Waals surface area (Å²) in [5.41, 5.74) is 1.23. The molecule has 0 spiro atoms. The highest BCUT2D eigenvalue weighted by molar-refractivity contribution is 5.92. The fraction of sp³-hybridized carbons (Fsp3) is 0.467. The molecular weight excluding hydrogens is 252 g/mol. The van der Waals surface area contributed by atoms with Crippen molar-refractivity contribution in [1.82, 2.24) is 10.2 Å². The summed E-state index contributed by atoms with van der Waals surface area (Å²) in [6.07, 6.45) is 1.04. The van der Waals surface area contributed by atoms with Gasteiger partial charge in [-0.25, -0.2) is 0 Å². The van der Waals surface area contributed by atoms with Crippen molar-refractivity contribution in [2.24, 2.45) is 0 Å². The Morgan fingerprint density at radius 1 is 1.55 bits per heavy atom. The van der Waals surface area contributed by atoms with E-state index in [4.69, 9.17) is 5.26 Å². The fourth-order valence-electron chi connectivity index (χ4n) is 2.26. The topological polar surface area (TPSA) is 68.2 Å². The molecule has 0 saturated carbocycles. The van der Waals surface area contributed by atoms with Crippen LogP contribution in [0.2, 0.25) is 0 Å². The molecule has 20 heavy (non-hydrogen) atoms. The van der Waals surface area contributed by atoms with Gasteiger partial charge in [0.05, 0.1) is 18.2 Å². The molecule has 1 aromatic rings. The van der Waals surface area contributed by atoms with E-state index in [0.717, 1.165) is 26.1 Å². The first-order valence-electron chi connectivity index (χ1n) is 6.97. The standard InChI is InChI=1S/C15H20N4O/c1-2-6-19(14-9-17-10-14)11-15(20)18-13-5-3-4-12(7-13)8-16/h3-5,7,14,17H,2,6,9-11H2,1H3,(H,18,20). The Labute approximate surface area is 119 Å². The number of carbonyl (C=O) groups is 1. The smallest absolute Gasteiger partial charge is 0.238 e. The van der Waals surface area contributed by atoms with Gasteiger partial charge >= 0.3 is 0 Å². The third-order valence-electron chi connectivity index (χ3n) is 3.41. The van der Waals surface area contributed by atoms with Crippen molar-refractivity contribution in [3.8, 4) is 6.07 Å². The van der Waals surface area contributed by atoms with E-state index in [2.05, 4.69) is 28.5 Å². The lowest BCUT2D eigenvalue weighted by Crippen LogP contribution is -2.58. The maximum absolute atomic E-state index is 12.1. The molecule has 1 aliphatic heterocycles. The maximum Gasteiger partial charge on any atom is 0.238 e. The monoisotopic (exact) mass is 272 g/mol. The SMILES string of the molecule is CCCN(CC(=O)Nc1cccc(C#N)c1)C1CNC1. The van der Waals surface area contributed by atoms with Gasteiger partial charge in [-0.05, 0) is 31.2 Å². The van der Waals surface area contributed by atoms with Crippen LogP contribution in [0.15, 0.2) is 24.3 Å². The molecular formula is C15H20N4O. The van der Waals surface area contributed by atoms with E-state index in [1.165, 1.54) is 0 Å². The summed E-state index contributed by atoms with van der Waals surface area (Å²) < 4.78 is 0. The number of anilines is 1. The first kappa shape index (κ1) is 14.5. The Hall–Kier alpha value is -1.90. The molecule has 0 unspecified atom stereocenters. The van der Waals surface area contributed by atoms with Crippen molar-refractivity contribution in [3.63, 3.8) is 0 Å². The van der Waals surface area contributed by atoms with Crippen LogP contribution in [0.1, 0.15) is 18.9 Å². The molecule has 0 radical (unpaired) electrons. The van der Waals surface area contributed by atoms with Crippen LogP contribution >= 0.6 is 0 Å². The van der Waals surface area contributed by atoms with E-state index >= 15 is 0 Å².